The van der Waals surface area contributed by atoms with Crippen LogP contribution in [0, 0.1) is 0 Å². The first kappa shape index (κ1) is 27.4. The predicted octanol–water partition coefficient (Wildman–Crippen LogP) is 8.59. The van der Waals surface area contributed by atoms with Crippen molar-refractivity contribution in [3.05, 3.63) is 49.9 Å². The summed E-state index contributed by atoms with van der Waals surface area (Å²) < 4.78 is 7.59. The Hall–Kier alpha value is -1.16. The number of thioether (sulfide) groups is 2. The van der Waals surface area contributed by atoms with E-state index >= 15 is 0 Å². The fourth-order valence-electron chi connectivity index (χ4n) is 4.05. The van der Waals surface area contributed by atoms with Crippen molar-refractivity contribution < 1.29 is 14.4 Å². The first-order chi connectivity index (χ1) is 16.3. The Bertz CT molecular complexity index is 1010. The van der Waals surface area contributed by atoms with Gasteiger partial charge in [0.05, 0.1) is 28.6 Å². The zero-order valence-electron chi connectivity index (χ0n) is 20.3. The Kier molecular flexibility index (Phi) is 10.2. The minimum atomic E-state index is -0.0371. The standard InChI is InChI=1S/C13H16BrNOS.C12H14BrNO2S/c1-4-9-10(14)5-6-12(17-3)13(9)11-7-8(2)15-16-11;1-7-6-9(16-14-7)11-10(17-3)5-4-8(13)12(11)15-2/h5-6,11H,4,7H2,1-3H3;4-5,9H,6H2,1-3H3. The molecule has 2 aromatic carbocycles. The Balaban J connectivity index is 0.000000191. The van der Waals surface area contributed by atoms with Gasteiger partial charge in [-0.15, -0.1) is 23.5 Å². The first-order valence-corrected chi connectivity index (χ1v) is 15.0. The molecule has 2 aromatic rings. The number of hydrogen-bond donors (Lipinski definition) is 0. The highest BCUT2D eigenvalue weighted by atomic mass is 79.9. The molecule has 2 heterocycles. The summed E-state index contributed by atoms with van der Waals surface area (Å²) in [5.74, 6) is 0.840. The van der Waals surface area contributed by atoms with E-state index in [2.05, 4.69) is 79.8 Å². The fraction of sp³-hybridized carbons (Fsp3) is 0.440. The molecular formula is C25H30Br2N2O3S2. The van der Waals surface area contributed by atoms with E-state index in [0.717, 1.165) is 46.5 Å². The molecule has 0 amide bonds. The average Bonchev–Trinajstić information content (AvgIpc) is 3.46. The van der Waals surface area contributed by atoms with Gasteiger partial charge in [-0.3, -0.25) is 0 Å². The normalized spacial score (nSPS) is 18.9. The number of methoxy groups -OCH3 is 1. The number of oxime groups is 2. The van der Waals surface area contributed by atoms with Crippen LogP contribution in [0.5, 0.6) is 5.75 Å². The summed E-state index contributed by atoms with van der Waals surface area (Å²) in [5, 5.41) is 8.08. The minimum Gasteiger partial charge on any atom is -0.495 e. The van der Waals surface area contributed by atoms with Gasteiger partial charge in [-0.2, -0.15) is 0 Å². The van der Waals surface area contributed by atoms with Crippen LogP contribution >= 0.6 is 55.4 Å². The molecule has 0 radical (unpaired) electrons. The summed E-state index contributed by atoms with van der Waals surface area (Å²) in [7, 11) is 1.68. The number of ether oxygens (including phenoxy) is 1. The molecule has 5 nitrogen and oxygen atoms in total. The lowest BCUT2D eigenvalue weighted by Crippen LogP contribution is -2.05. The van der Waals surface area contributed by atoms with Gasteiger partial charge in [0, 0.05) is 32.7 Å². The first-order valence-electron chi connectivity index (χ1n) is 11.0. The van der Waals surface area contributed by atoms with Crippen LogP contribution in [-0.2, 0) is 16.1 Å². The lowest BCUT2D eigenvalue weighted by atomic mass is 9.97. The van der Waals surface area contributed by atoms with Crippen LogP contribution in [0.2, 0.25) is 0 Å². The Morgan fingerprint density at radius 3 is 1.82 bits per heavy atom. The van der Waals surface area contributed by atoms with Gasteiger partial charge in [0.1, 0.15) is 5.75 Å². The molecule has 34 heavy (non-hydrogen) atoms. The molecule has 0 bridgehead atoms. The van der Waals surface area contributed by atoms with Crippen molar-refractivity contribution in [2.45, 2.75) is 62.0 Å². The Morgan fingerprint density at radius 1 is 0.882 bits per heavy atom. The molecule has 0 fully saturated rings. The molecule has 2 unspecified atom stereocenters. The summed E-state index contributed by atoms with van der Waals surface area (Å²) >= 11 is 10.6. The van der Waals surface area contributed by atoms with Crippen molar-refractivity contribution in [1.82, 2.24) is 0 Å². The average molecular weight is 630 g/mol. The highest BCUT2D eigenvalue weighted by molar-refractivity contribution is 9.10. The summed E-state index contributed by atoms with van der Waals surface area (Å²) in [6.07, 6.45) is 6.93. The zero-order chi connectivity index (χ0) is 24.8. The lowest BCUT2D eigenvalue weighted by molar-refractivity contribution is 0.0816. The quantitative estimate of drug-likeness (QED) is 0.300. The molecule has 9 heteroatoms. The van der Waals surface area contributed by atoms with Crippen molar-refractivity contribution in [2.24, 2.45) is 10.3 Å². The van der Waals surface area contributed by atoms with Crippen LogP contribution in [-0.4, -0.2) is 31.0 Å². The third kappa shape index (κ3) is 6.15. The van der Waals surface area contributed by atoms with Crippen LogP contribution in [0.4, 0.5) is 0 Å². The van der Waals surface area contributed by atoms with Gasteiger partial charge in [0.25, 0.3) is 0 Å². The maximum atomic E-state index is 5.55. The second kappa shape index (κ2) is 12.7. The molecule has 184 valence electrons. The molecule has 0 saturated carbocycles. The lowest BCUT2D eigenvalue weighted by Gasteiger charge is -2.18. The van der Waals surface area contributed by atoms with Crippen LogP contribution in [0.1, 0.15) is 62.5 Å². The molecule has 4 rings (SSSR count). The van der Waals surface area contributed by atoms with Crippen LogP contribution in [0.3, 0.4) is 0 Å². The Labute approximate surface area is 227 Å². The molecule has 0 N–H and O–H groups in total. The number of halogens is 2. The van der Waals surface area contributed by atoms with Crippen molar-refractivity contribution in [3.63, 3.8) is 0 Å². The molecule has 0 aliphatic carbocycles. The van der Waals surface area contributed by atoms with E-state index in [1.807, 2.05) is 19.9 Å². The molecule has 0 saturated heterocycles. The molecule has 2 atom stereocenters. The van der Waals surface area contributed by atoms with Gasteiger partial charge in [0.15, 0.2) is 12.2 Å². The number of benzene rings is 2. The second-order valence-corrected chi connectivity index (χ2v) is 11.3. The van der Waals surface area contributed by atoms with Crippen molar-refractivity contribution in [2.75, 3.05) is 19.6 Å². The highest BCUT2D eigenvalue weighted by Gasteiger charge is 2.28. The molecule has 0 aromatic heterocycles. The number of rotatable bonds is 6. The molecule has 0 spiro atoms. The number of nitrogens with zero attached hydrogens (tertiary/aromatic N) is 2. The summed E-state index contributed by atoms with van der Waals surface area (Å²) in [4.78, 5) is 13.5. The molecule has 2 aliphatic rings. The van der Waals surface area contributed by atoms with Gasteiger partial charge < -0.3 is 14.4 Å². The smallest absolute Gasteiger partial charge is 0.162 e. The zero-order valence-corrected chi connectivity index (χ0v) is 25.1. The third-order valence-electron chi connectivity index (χ3n) is 5.64. The maximum Gasteiger partial charge on any atom is 0.162 e. The van der Waals surface area contributed by atoms with E-state index in [1.54, 1.807) is 30.6 Å². The van der Waals surface area contributed by atoms with E-state index in [9.17, 15) is 0 Å². The summed E-state index contributed by atoms with van der Waals surface area (Å²) in [6.45, 7) is 6.17. The van der Waals surface area contributed by atoms with E-state index in [0.29, 0.717) is 0 Å². The van der Waals surface area contributed by atoms with E-state index in [1.165, 1.54) is 25.4 Å². The van der Waals surface area contributed by atoms with Gasteiger partial charge in [0.2, 0.25) is 0 Å². The van der Waals surface area contributed by atoms with Crippen LogP contribution in [0.25, 0.3) is 0 Å². The van der Waals surface area contributed by atoms with Crippen molar-refractivity contribution >= 4 is 66.8 Å². The highest BCUT2D eigenvalue weighted by Crippen LogP contribution is 2.43. The minimum absolute atomic E-state index is 0.0371. The maximum absolute atomic E-state index is 5.55. The fourth-order valence-corrected chi connectivity index (χ4v) is 6.52. The topological polar surface area (TPSA) is 52.4 Å². The largest absolute Gasteiger partial charge is 0.495 e. The van der Waals surface area contributed by atoms with Crippen molar-refractivity contribution in [3.8, 4) is 5.75 Å². The summed E-state index contributed by atoms with van der Waals surface area (Å²) in [6, 6.07) is 8.34. The van der Waals surface area contributed by atoms with Gasteiger partial charge >= 0.3 is 0 Å². The van der Waals surface area contributed by atoms with Gasteiger partial charge in [-0.25, -0.2) is 0 Å². The SMILES string of the molecule is CCc1c(Br)ccc(SC)c1C1CC(C)=NO1.COc1c(Br)ccc(SC)c1C1CC(C)=NO1. The van der Waals surface area contributed by atoms with E-state index in [-0.39, 0.29) is 12.2 Å². The van der Waals surface area contributed by atoms with E-state index < -0.39 is 0 Å². The summed E-state index contributed by atoms with van der Waals surface area (Å²) in [5.41, 5.74) is 5.81. The van der Waals surface area contributed by atoms with Gasteiger partial charge in [-0.1, -0.05) is 33.2 Å². The predicted molar refractivity (Wildman–Crippen MR) is 151 cm³/mol. The van der Waals surface area contributed by atoms with Crippen molar-refractivity contribution in [1.29, 1.82) is 0 Å². The van der Waals surface area contributed by atoms with Crippen LogP contribution < -0.4 is 4.74 Å². The Morgan fingerprint density at radius 2 is 1.38 bits per heavy atom. The van der Waals surface area contributed by atoms with Crippen LogP contribution in [0.15, 0.2) is 53.3 Å². The van der Waals surface area contributed by atoms with E-state index in [4.69, 9.17) is 14.4 Å². The molecular weight excluding hydrogens is 600 g/mol. The third-order valence-corrected chi connectivity index (χ3v) is 8.60. The second-order valence-electron chi connectivity index (χ2n) is 7.94. The number of hydrogen-bond acceptors (Lipinski definition) is 7. The monoisotopic (exact) mass is 628 g/mol. The van der Waals surface area contributed by atoms with Gasteiger partial charge in [-0.05, 0) is 78.5 Å². The molecule has 2 aliphatic heterocycles.